The fourth-order valence-electron chi connectivity index (χ4n) is 2.13. The predicted octanol–water partition coefficient (Wildman–Crippen LogP) is 1.75. The molecule has 0 atom stereocenters. The summed E-state index contributed by atoms with van der Waals surface area (Å²) in [7, 11) is 0. The Kier molecular flexibility index (Phi) is 5.61. The van der Waals surface area contributed by atoms with Gasteiger partial charge in [-0.25, -0.2) is 0 Å². The topological polar surface area (TPSA) is 37.4 Å². The molecule has 0 radical (unpaired) electrons. The number of amides is 2. The Morgan fingerprint density at radius 1 is 0.947 bits per heavy atom. The van der Waals surface area contributed by atoms with Gasteiger partial charge in [0.1, 0.15) is 0 Å². The number of nitrogens with zero attached hydrogens (tertiary/aromatic N) is 1. The third-order valence-corrected chi connectivity index (χ3v) is 5.50. The number of carbonyl (C=O) groups excluding carboxylic acids is 2. The van der Waals surface area contributed by atoms with E-state index >= 15 is 0 Å². The molecule has 3 nitrogen and oxygen atoms in total. The third-order valence-electron chi connectivity index (χ3n) is 3.19. The molecule has 1 heterocycles. The molecule has 1 aromatic carbocycles. The Balaban J connectivity index is 1.55. The van der Waals surface area contributed by atoms with Crippen molar-refractivity contribution in [3.05, 3.63) is 30.3 Å². The van der Waals surface area contributed by atoms with Crippen molar-refractivity contribution < 1.29 is 9.59 Å². The molecule has 0 bridgehead atoms. The van der Waals surface area contributed by atoms with Crippen molar-refractivity contribution in [2.24, 2.45) is 0 Å². The second-order valence-corrected chi connectivity index (χ2v) is 7.11. The molecule has 0 unspecified atom stereocenters. The Labute approximate surface area is 120 Å². The molecule has 2 amide bonds. The number of benzene rings is 1. The van der Waals surface area contributed by atoms with Crippen molar-refractivity contribution in [2.45, 2.75) is 37.4 Å². The Morgan fingerprint density at radius 2 is 1.63 bits per heavy atom. The summed E-state index contributed by atoms with van der Waals surface area (Å²) in [6, 6.07) is 10.6. The summed E-state index contributed by atoms with van der Waals surface area (Å²) in [5.41, 5.74) is 0. The molecule has 1 fully saturated rings. The van der Waals surface area contributed by atoms with E-state index in [-0.39, 0.29) is 11.8 Å². The molecule has 1 aliphatic heterocycles. The van der Waals surface area contributed by atoms with Crippen LogP contribution in [0.15, 0.2) is 30.3 Å². The molecule has 102 valence electrons. The van der Waals surface area contributed by atoms with E-state index in [1.807, 2.05) is 6.07 Å². The van der Waals surface area contributed by atoms with Gasteiger partial charge in [0.15, 0.2) is 0 Å². The minimum absolute atomic E-state index is 0.0125. The number of hydrogen-bond donors (Lipinski definition) is 0. The van der Waals surface area contributed by atoms with Crippen LogP contribution in [0.25, 0.3) is 0 Å². The van der Waals surface area contributed by atoms with Crippen molar-refractivity contribution in [1.29, 1.82) is 0 Å². The van der Waals surface area contributed by atoms with Gasteiger partial charge in [-0.15, -0.1) is 0 Å². The van der Waals surface area contributed by atoms with Crippen LogP contribution in [0.3, 0.4) is 0 Å². The van der Waals surface area contributed by atoms with E-state index in [0.717, 1.165) is 12.8 Å². The first-order chi connectivity index (χ1) is 9.27. The van der Waals surface area contributed by atoms with Crippen LogP contribution >= 0.6 is 0 Å². The van der Waals surface area contributed by atoms with E-state index in [9.17, 15) is 9.59 Å². The van der Waals surface area contributed by atoms with Gasteiger partial charge in [0.25, 0.3) is 0 Å². The summed E-state index contributed by atoms with van der Waals surface area (Å²) in [6.45, 7) is 0.621. The number of rotatable bonds is 7. The molecule has 0 aliphatic carbocycles. The normalized spacial score (nSPS) is 15.3. The standard InChI is InChI=1S/C15H19NO2Se/c17-14-9-10-15(18)16(14)11-5-2-6-12-19-13-7-3-1-4-8-13/h1,3-4,7-8H,2,5-6,9-12H2. The molecule has 19 heavy (non-hydrogen) atoms. The number of carbonyl (C=O) groups is 2. The first kappa shape index (κ1) is 14.3. The Hall–Kier alpha value is -1.12. The first-order valence-corrected chi connectivity index (χ1v) is 8.85. The summed E-state index contributed by atoms with van der Waals surface area (Å²) in [6.07, 6.45) is 4.06. The zero-order valence-electron chi connectivity index (χ0n) is 11.0. The SMILES string of the molecule is O=C1CCC(=O)N1CCCCC[Se]c1ccccc1. The summed E-state index contributed by atoms with van der Waals surface area (Å²) in [5, 5.41) is 1.24. The average Bonchev–Trinajstić information content (AvgIpc) is 2.75. The summed E-state index contributed by atoms with van der Waals surface area (Å²) in [4.78, 5) is 24.2. The van der Waals surface area contributed by atoms with Gasteiger partial charge in [-0.1, -0.05) is 0 Å². The minimum atomic E-state index is 0.0125. The van der Waals surface area contributed by atoms with Crippen LogP contribution in [0.1, 0.15) is 32.1 Å². The van der Waals surface area contributed by atoms with E-state index in [2.05, 4.69) is 24.3 Å². The van der Waals surface area contributed by atoms with E-state index in [0.29, 0.717) is 34.3 Å². The molecule has 1 aromatic rings. The van der Waals surface area contributed by atoms with Crippen molar-refractivity contribution in [3.8, 4) is 0 Å². The molecular weight excluding hydrogens is 305 g/mol. The molecular formula is C15H19NO2Se. The maximum atomic E-state index is 11.4. The molecule has 0 saturated carbocycles. The van der Waals surface area contributed by atoms with Gasteiger partial charge in [-0.2, -0.15) is 0 Å². The maximum absolute atomic E-state index is 11.4. The number of likely N-dealkylation sites (tertiary alicyclic amines) is 1. The number of unbranched alkanes of at least 4 members (excludes halogenated alkanes) is 2. The first-order valence-electron chi connectivity index (χ1n) is 6.78. The van der Waals surface area contributed by atoms with Gasteiger partial charge < -0.3 is 0 Å². The zero-order valence-corrected chi connectivity index (χ0v) is 12.7. The van der Waals surface area contributed by atoms with Crippen LogP contribution in [-0.4, -0.2) is 38.2 Å². The molecule has 2 rings (SSSR count). The van der Waals surface area contributed by atoms with Crippen LogP contribution in [0.4, 0.5) is 0 Å². The summed E-state index contributed by atoms with van der Waals surface area (Å²) >= 11 is 0.556. The fraction of sp³-hybridized carbons (Fsp3) is 0.467. The van der Waals surface area contributed by atoms with Crippen LogP contribution < -0.4 is 4.46 Å². The van der Waals surface area contributed by atoms with Crippen LogP contribution in [0.2, 0.25) is 5.32 Å². The fourth-order valence-corrected chi connectivity index (χ4v) is 4.09. The molecule has 1 aliphatic rings. The van der Waals surface area contributed by atoms with Crippen molar-refractivity contribution >= 4 is 31.2 Å². The van der Waals surface area contributed by atoms with Crippen molar-refractivity contribution in [2.75, 3.05) is 6.54 Å². The molecule has 0 spiro atoms. The Bertz CT molecular complexity index is 417. The van der Waals surface area contributed by atoms with E-state index in [1.165, 1.54) is 21.1 Å². The molecule has 4 heteroatoms. The second-order valence-electron chi connectivity index (χ2n) is 4.66. The van der Waals surface area contributed by atoms with Gasteiger partial charge in [0.2, 0.25) is 0 Å². The molecule has 1 saturated heterocycles. The summed E-state index contributed by atoms with van der Waals surface area (Å²) in [5.74, 6) is 0.0250. The van der Waals surface area contributed by atoms with Gasteiger partial charge in [-0.3, -0.25) is 0 Å². The quantitative estimate of drug-likeness (QED) is 0.435. The molecule has 0 N–H and O–H groups in total. The zero-order chi connectivity index (χ0) is 13.5. The second kappa shape index (κ2) is 7.46. The number of imide groups is 1. The van der Waals surface area contributed by atoms with E-state index in [4.69, 9.17) is 0 Å². The van der Waals surface area contributed by atoms with E-state index < -0.39 is 0 Å². The van der Waals surface area contributed by atoms with Gasteiger partial charge in [0.05, 0.1) is 0 Å². The average molecular weight is 324 g/mol. The third kappa shape index (κ3) is 4.48. The van der Waals surface area contributed by atoms with Crippen molar-refractivity contribution in [1.82, 2.24) is 4.90 Å². The van der Waals surface area contributed by atoms with Crippen LogP contribution in [-0.2, 0) is 9.59 Å². The van der Waals surface area contributed by atoms with Crippen molar-refractivity contribution in [3.63, 3.8) is 0 Å². The molecule has 0 aromatic heterocycles. The monoisotopic (exact) mass is 325 g/mol. The summed E-state index contributed by atoms with van der Waals surface area (Å²) < 4.78 is 1.44. The predicted molar refractivity (Wildman–Crippen MR) is 76.4 cm³/mol. The van der Waals surface area contributed by atoms with Gasteiger partial charge in [0, 0.05) is 0 Å². The Morgan fingerprint density at radius 3 is 2.32 bits per heavy atom. The van der Waals surface area contributed by atoms with Gasteiger partial charge >= 0.3 is 120 Å². The van der Waals surface area contributed by atoms with E-state index in [1.54, 1.807) is 0 Å². The van der Waals surface area contributed by atoms with Crippen LogP contribution in [0, 0.1) is 0 Å². The van der Waals surface area contributed by atoms with Gasteiger partial charge in [-0.05, 0) is 0 Å². The number of hydrogen-bond acceptors (Lipinski definition) is 2. The van der Waals surface area contributed by atoms with Crippen LogP contribution in [0.5, 0.6) is 0 Å².